The molecule has 1 heterocycles. The van der Waals surface area contributed by atoms with Crippen molar-refractivity contribution in [1.29, 1.82) is 0 Å². The van der Waals surface area contributed by atoms with Crippen molar-refractivity contribution in [3.8, 4) is 0 Å². The first kappa shape index (κ1) is 13.8. The van der Waals surface area contributed by atoms with Gasteiger partial charge >= 0.3 is 5.97 Å². The average Bonchev–Trinajstić information content (AvgIpc) is 3.32. The fraction of sp³-hybridized carbons (Fsp3) is 0.556. The number of fused-ring (bicyclic) bond motifs is 1. The minimum Gasteiger partial charge on any atom is -0.481 e. The number of carbonyl (C=O) groups is 1. The summed E-state index contributed by atoms with van der Waals surface area (Å²) in [6.07, 6.45) is 7.09. The number of hydrogen-bond acceptors (Lipinski definition) is 2. The molecule has 2 aliphatic rings. The summed E-state index contributed by atoms with van der Waals surface area (Å²) in [6, 6.07) is 6.10. The number of carboxylic acids is 1. The van der Waals surface area contributed by atoms with Gasteiger partial charge in [0.15, 0.2) is 0 Å². The first-order valence-corrected chi connectivity index (χ1v) is 8.32. The van der Waals surface area contributed by atoms with Crippen LogP contribution in [0.2, 0.25) is 0 Å². The van der Waals surface area contributed by atoms with E-state index in [0.717, 1.165) is 54.5 Å². The molecule has 2 aliphatic carbocycles. The Morgan fingerprint density at radius 3 is 2.64 bits per heavy atom. The summed E-state index contributed by atoms with van der Waals surface area (Å²) in [6.45, 7) is 0. The Morgan fingerprint density at radius 2 is 2.00 bits per heavy atom. The van der Waals surface area contributed by atoms with Crippen LogP contribution < -0.4 is 0 Å². The molecule has 0 radical (unpaired) electrons. The highest BCUT2D eigenvalue weighted by molar-refractivity contribution is 5.85. The van der Waals surface area contributed by atoms with Gasteiger partial charge in [-0.1, -0.05) is 25.3 Å². The first-order chi connectivity index (χ1) is 10.6. The molecule has 22 heavy (non-hydrogen) atoms. The fourth-order valence-electron chi connectivity index (χ4n) is 4.00. The zero-order valence-corrected chi connectivity index (χ0v) is 13.0. The maximum absolute atomic E-state index is 12.0. The Morgan fingerprint density at radius 1 is 1.27 bits per heavy atom. The third kappa shape index (κ3) is 1.97. The molecular weight excluding hydrogens is 276 g/mol. The molecule has 0 spiro atoms. The van der Waals surface area contributed by atoms with Crippen LogP contribution in [0.5, 0.6) is 0 Å². The molecule has 4 rings (SSSR count). The summed E-state index contributed by atoms with van der Waals surface area (Å²) in [4.78, 5) is 16.8. The van der Waals surface area contributed by atoms with Gasteiger partial charge in [0.05, 0.1) is 16.4 Å². The molecule has 2 saturated carbocycles. The molecule has 0 atom stereocenters. The smallest absolute Gasteiger partial charge is 0.314 e. The number of aliphatic carboxylic acids is 1. The lowest BCUT2D eigenvalue weighted by molar-refractivity contribution is -0.145. The van der Waals surface area contributed by atoms with Crippen LogP contribution in [0, 0.1) is 0 Å². The van der Waals surface area contributed by atoms with Crippen LogP contribution in [0.4, 0.5) is 0 Å². The minimum atomic E-state index is -0.705. The summed E-state index contributed by atoms with van der Waals surface area (Å²) >= 11 is 0. The van der Waals surface area contributed by atoms with E-state index in [1.54, 1.807) is 0 Å². The lowest BCUT2D eigenvalue weighted by atomic mass is 9.69. The van der Waals surface area contributed by atoms with E-state index in [-0.39, 0.29) is 0 Å². The largest absolute Gasteiger partial charge is 0.481 e. The Hall–Kier alpha value is -1.84. The van der Waals surface area contributed by atoms with Crippen LogP contribution in [-0.4, -0.2) is 20.6 Å². The lowest BCUT2D eigenvalue weighted by Gasteiger charge is -2.33. The number of nitrogens with zero attached hydrogens (tertiary/aromatic N) is 2. The monoisotopic (exact) mass is 298 g/mol. The van der Waals surface area contributed by atoms with E-state index in [2.05, 4.69) is 17.7 Å². The van der Waals surface area contributed by atoms with Crippen molar-refractivity contribution in [2.45, 2.75) is 56.3 Å². The van der Waals surface area contributed by atoms with E-state index >= 15 is 0 Å². The average molecular weight is 298 g/mol. The molecular formula is C18H22N2O2. The van der Waals surface area contributed by atoms with Crippen LogP contribution in [0.1, 0.15) is 62.3 Å². The number of aromatic nitrogens is 2. The number of benzene rings is 1. The van der Waals surface area contributed by atoms with E-state index in [9.17, 15) is 9.90 Å². The van der Waals surface area contributed by atoms with Gasteiger partial charge < -0.3 is 9.67 Å². The number of hydrogen-bond donors (Lipinski definition) is 1. The fourth-order valence-corrected chi connectivity index (χ4v) is 4.00. The second-order valence-corrected chi connectivity index (χ2v) is 6.95. The van der Waals surface area contributed by atoms with Crippen molar-refractivity contribution in [1.82, 2.24) is 9.55 Å². The molecule has 0 saturated heterocycles. The molecule has 2 fully saturated rings. The van der Waals surface area contributed by atoms with Gasteiger partial charge in [-0.25, -0.2) is 4.98 Å². The predicted octanol–water partition coefficient (Wildman–Crippen LogP) is 3.74. The second kappa shape index (κ2) is 4.83. The van der Waals surface area contributed by atoms with Gasteiger partial charge in [-0.15, -0.1) is 0 Å². The zero-order valence-electron chi connectivity index (χ0n) is 13.0. The van der Waals surface area contributed by atoms with Crippen LogP contribution in [0.25, 0.3) is 11.0 Å². The SMILES string of the molecule is Cn1c(C2CC2)nc2cc(C3(C(=O)O)CCCCC3)ccc21. The summed E-state index contributed by atoms with van der Waals surface area (Å²) in [5.41, 5.74) is 2.30. The maximum atomic E-state index is 12.0. The summed E-state index contributed by atoms with van der Waals surface area (Å²) in [5.74, 6) is 1.08. The predicted molar refractivity (Wildman–Crippen MR) is 85.1 cm³/mol. The molecule has 1 N–H and O–H groups in total. The molecule has 0 unspecified atom stereocenters. The van der Waals surface area contributed by atoms with Gasteiger partial charge in [-0.05, 0) is 43.4 Å². The lowest BCUT2D eigenvalue weighted by Crippen LogP contribution is -2.37. The van der Waals surface area contributed by atoms with E-state index in [1.807, 2.05) is 12.1 Å². The molecule has 0 amide bonds. The Labute approximate surface area is 130 Å². The van der Waals surface area contributed by atoms with Gasteiger partial charge in [-0.3, -0.25) is 4.79 Å². The first-order valence-electron chi connectivity index (χ1n) is 8.32. The third-order valence-electron chi connectivity index (χ3n) is 5.53. The molecule has 0 bridgehead atoms. The van der Waals surface area contributed by atoms with Gasteiger partial charge in [0, 0.05) is 13.0 Å². The topological polar surface area (TPSA) is 55.1 Å². The quantitative estimate of drug-likeness (QED) is 0.939. The van der Waals surface area contributed by atoms with Crippen LogP contribution in [0.3, 0.4) is 0 Å². The van der Waals surface area contributed by atoms with Gasteiger partial charge in [0.25, 0.3) is 0 Å². The highest BCUT2D eigenvalue weighted by atomic mass is 16.4. The molecule has 4 heteroatoms. The van der Waals surface area contributed by atoms with Gasteiger partial charge in [-0.2, -0.15) is 0 Å². The van der Waals surface area contributed by atoms with E-state index in [0.29, 0.717) is 5.92 Å². The van der Waals surface area contributed by atoms with Gasteiger partial charge in [0.1, 0.15) is 5.82 Å². The van der Waals surface area contributed by atoms with E-state index in [4.69, 9.17) is 4.98 Å². The van der Waals surface area contributed by atoms with Crippen LogP contribution >= 0.6 is 0 Å². The molecule has 0 aliphatic heterocycles. The normalized spacial score (nSPS) is 21.1. The van der Waals surface area contributed by atoms with Crippen molar-refractivity contribution in [3.63, 3.8) is 0 Å². The van der Waals surface area contributed by atoms with Crippen molar-refractivity contribution in [2.24, 2.45) is 7.05 Å². The minimum absolute atomic E-state index is 0.601. The number of rotatable bonds is 3. The summed E-state index contributed by atoms with van der Waals surface area (Å²) < 4.78 is 2.17. The number of carboxylic acid groups (broad SMARTS) is 1. The Kier molecular flexibility index (Phi) is 3.03. The van der Waals surface area contributed by atoms with E-state index in [1.165, 1.54) is 12.8 Å². The Bertz CT molecular complexity index is 737. The molecule has 2 aromatic rings. The highest BCUT2D eigenvalue weighted by Crippen LogP contribution is 2.43. The third-order valence-corrected chi connectivity index (χ3v) is 5.53. The van der Waals surface area contributed by atoms with Crippen LogP contribution in [0.15, 0.2) is 18.2 Å². The van der Waals surface area contributed by atoms with Crippen molar-refractivity contribution in [3.05, 3.63) is 29.6 Å². The standard InChI is InChI=1S/C18H22N2O2/c1-20-15-8-7-13(11-14(15)19-16(20)12-5-6-12)18(17(21)22)9-3-2-4-10-18/h7-8,11-12H,2-6,9-10H2,1H3,(H,21,22). The highest BCUT2D eigenvalue weighted by Gasteiger charge is 2.41. The van der Waals surface area contributed by atoms with Crippen molar-refractivity contribution >= 4 is 17.0 Å². The number of aryl methyl sites for hydroxylation is 1. The second-order valence-electron chi connectivity index (χ2n) is 6.95. The molecule has 1 aromatic heterocycles. The number of imidazole rings is 1. The molecule has 116 valence electrons. The zero-order chi connectivity index (χ0) is 15.3. The molecule has 1 aromatic carbocycles. The van der Waals surface area contributed by atoms with Crippen LogP contribution in [-0.2, 0) is 17.3 Å². The van der Waals surface area contributed by atoms with Crippen molar-refractivity contribution in [2.75, 3.05) is 0 Å². The Balaban J connectivity index is 1.82. The maximum Gasteiger partial charge on any atom is 0.314 e. The summed E-state index contributed by atoms with van der Waals surface area (Å²) in [5, 5.41) is 9.85. The summed E-state index contributed by atoms with van der Waals surface area (Å²) in [7, 11) is 2.07. The van der Waals surface area contributed by atoms with Crippen molar-refractivity contribution < 1.29 is 9.90 Å². The van der Waals surface area contributed by atoms with E-state index < -0.39 is 11.4 Å². The van der Waals surface area contributed by atoms with Gasteiger partial charge in [0.2, 0.25) is 0 Å². The molecule has 4 nitrogen and oxygen atoms in total.